The van der Waals surface area contributed by atoms with Crippen molar-refractivity contribution in [3.05, 3.63) is 0 Å². The zero-order chi connectivity index (χ0) is 9.61. The lowest BCUT2D eigenvalue weighted by atomic mass is 10.4. The van der Waals surface area contributed by atoms with E-state index in [1.807, 2.05) is 0 Å². The number of ether oxygens (including phenoxy) is 1. The van der Waals surface area contributed by atoms with Crippen molar-refractivity contribution in [1.29, 1.82) is 0 Å². The van der Waals surface area contributed by atoms with Gasteiger partial charge < -0.3 is 9.84 Å². The summed E-state index contributed by atoms with van der Waals surface area (Å²) in [6, 6.07) is 1.31. The monoisotopic (exact) mass is 190 g/mol. The lowest BCUT2D eigenvalue weighted by Crippen LogP contribution is -2.20. The van der Waals surface area contributed by atoms with Crippen molar-refractivity contribution >= 4 is 8.07 Å². The van der Waals surface area contributed by atoms with E-state index in [1.165, 1.54) is 6.04 Å². The second-order valence-electron chi connectivity index (χ2n) is 4.59. The molecular formula is C9H22O2Si. The van der Waals surface area contributed by atoms with Gasteiger partial charge in [0.25, 0.3) is 0 Å². The second-order valence-corrected chi connectivity index (χ2v) is 10.2. The Bertz CT molecular complexity index is 108. The minimum atomic E-state index is -0.877. The number of hydrogen-bond acceptors (Lipinski definition) is 2. The largest absolute Gasteiger partial charge is 0.391 e. The van der Waals surface area contributed by atoms with Crippen molar-refractivity contribution in [1.82, 2.24) is 0 Å². The highest BCUT2D eigenvalue weighted by atomic mass is 28.3. The Morgan fingerprint density at radius 1 is 1.33 bits per heavy atom. The van der Waals surface area contributed by atoms with Crippen LogP contribution in [0.4, 0.5) is 0 Å². The fraction of sp³-hybridized carbons (Fsp3) is 1.00. The van der Waals surface area contributed by atoms with Gasteiger partial charge in [0.15, 0.2) is 0 Å². The van der Waals surface area contributed by atoms with Crippen LogP contribution >= 0.6 is 0 Å². The molecule has 0 aliphatic rings. The molecule has 0 aromatic heterocycles. The first-order valence-electron chi connectivity index (χ1n) is 4.67. The maximum Gasteiger partial charge on any atom is 0.0745 e. The third-order valence-corrected chi connectivity index (χ3v) is 3.43. The van der Waals surface area contributed by atoms with E-state index in [0.717, 1.165) is 13.0 Å². The number of aliphatic hydroxyl groups excluding tert-OH is 1. The Morgan fingerprint density at radius 3 is 2.33 bits per heavy atom. The van der Waals surface area contributed by atoms with Gasteiger partial charge in [-0.15, -0.1) is 0 Å². The van der Waals surface area contributed by atoms with Crippen LogP contribution in [-0.2, 0) is 4.74 Å². The molecule has 0 aliphatic carbocycles. The first-order chi connectivity index (χ1) is 5.42. The molecule has 3 heteroatoms. The van der Waals surface area contributed by atoms with E-state index in [2.05, 4.69) is 19.6 Å². The van der Waals surface area contributed by atoms with Crippen molar-refractivity contribution in [2.24, 2.45) is 0 Å². The average Bonchev–Trinajstić information content (AvgIpc) is 1.83. The molecule has 0 amide bonds. The quantitative estimate of drug-likeness (QED) is 0.513. The fourth-order valence-corrected chi connectivity index (χ4v) is 2.16. The molecule has 74 valence electrons. The summed E-state index contributed by atoms with van der Waals surface area (Å²) in [5, 5.41) is 8.90. The van der Waals surface area contributed by atoms with E-state index >= 15 is 0 Å². The lowest BCUT2D eigenvalue weighted by Gasteiger charge is -2.15. The molecule has 0 fully saturated rings. The molecule has 12 heavy (non-hydrogen) atoms. The van der Waals surface area contributed by atoms with Crippen LogP contribution in [0, 0.1) is 0 Å². The van der Waals surface area contributed by atoms with Gasteiger partial charge in [-0.3, -0.25) is 0 Å². The van der Waals surface area contributed by atoms with Crippen molar-refractivity contribution in [2.45, 2.75) is 45.1 Å². The van der Waals surface area contributed by atoms with E-state index in [9.17, 15) is 0 Å². The van der Waals surface area contributed by atoms with Crippen molar-refractivity contribution < 1.29 is 9.84 Å². The molecule has 1 unspecified atom stereocenters. The number of hydrogen-bond donors (Lipinski definition) is 1. The summed E-state index contributed by atoms with van der Waals surface area (Å²) in [5.41, 5.74) is 0. The van der Waals surface area contributed by atoms with Crippen molar-refractivity contribution in [3.8, 4) is 0 Å². The van der Waals surface area contributed by atoms with Gasteiger partial charge in [-0.05, 0) is 13.3 Å². The summed E-state index contributed by atoms with van der Waals surface area (Å²) in [7, 11) is -0.877. The maximum atomic E-state index is 8.90. The summed E-state index contributed by atoms with van der Waals surface area (Å²) < 4.78 is 5.26. The normalized spacial score (nSPS) is 14.8. The minimum Gasteiger partial charge on any atom is -0.391 e. The first-order valence-corrected chi connectivity index (χ1v) is 8.38. The topological polar surface area (TPSA) is 29.5 Å². The highest BCUT2D eigenvalue weighted by Gasteiger charge is 2.11. The van der Waals surface area contributed by atoms with Gasteiger partial charge >= 0.3 is 0 Å². The van der Waals surface area contributed by atoms with Gasteiger partial charge in [0.05, 0.1) is 12.7 Å². The van der Waals surface area contributed by atoms with Crippen LogP contribution in [0.1, 0.15) is 13.3 Å². The van der Waals surface area contributed by atoms with Gasteiger partial charge in [-0.2, -0.15) is 0 Å². The van der Waals surface area contributed by atoms with Crippen LogP contribution in [0.3, 0.4) is 0 Å². The minimum absolute atomic E-state index is 0.322. The predicted octanol–water partition coefficient (Wildman–Crippen LogP) is 2.11. The van der Waals surface area contributed by atoms with E-state index in [-0.39, 0.29) is 6.10 Å². The van der Waals surface area contributed by atoms with E-state index in [0.29, 0.717) is 6.61 Å². The van der Waals surface area contributed by atoms with Crippen molar-refractivity contribution in [3.63, 3.8) is 0 Å². The number of rotatable bonds is 6. The van der Waals surface area contributed by atoms with Gasteiger partial charge in [-0.25, -0.2) is 0 Å². The van der Waals surface area contributed by atoms with Gasteiger partial charge in [-0.1, -0.05) is 25.7 Å². The second kappa shape index (κ2) is 5.73. The Hall–Kier alpha value is 0.137. The SMILES string of the molecule is CC(O)COCCC[Si](C)(C)C. The van der Waals surface area contributed by atoms with Crippen LogP contribution < -0.4 is 0 Å². The molecule has 0 heterocycles. The van der Waals surface area contributed by atoms with Gasteiger partial charge in [0.1, 0.15) is 0 Å². The lowest BCUT2D eigenvalue weighted by molar-refractivity contribution is 0.0465. The van der Waals surface area contributed by atoms with Crippen LogP contribution in [-0.4, -0.2) is 32.5 Å². The predicted molar refractivity (Wildman–Crippen MR) is 55.3 cm³/mol. The first kappa shape index (κ1) is 12.1. The molecule has 0 aliphatic heterocycles. The average molecular weight is 190 g/mol. The Kier molecular flexibility index (Phi) is 5.79. The summed E-state index contributed by atoms with van der Waals surface area (Å²) in [6.07, 6.45) is 0.819. The van der Waals surface area contributed by atoms with Crippen LogP contribution in [0.15, 0.2) is 0 Å². The molecule has 0 rings (SSSR count). The molecule has 0 aromatic carbocycles. The molecule has 2 nitrogen and oxygen atoms in total. The van der Waals surface area contributed by atoms with Crippen molar-refractivity contribution in [2.75, 3.05) is 13.2 Å². The summed E-state index contributed by atoms with van der Waals surface area (Å²) in [6.45, 7) is 10.1. The van der Waals surface area contributed by atoms with Gasteiger partial charge in [0, 0.05) is 14.7 Å². The molecule has 0 radical (unpaired) electrons. The van der Waals surface area contributed by atoms with Crippen LogP contribution in [0.5, 0.6) is 0 Å². The third kappa shape index (κ3) is 10.1. The molecule has 1 N–H and O–H groups in total. The standard InChI is InChI=1S/C9H22O2Si/c1-9(10)8-11-6-5-7-12(2,3)4/h9-10H,5-8H2,1-4H3. The maximum absolute atomic E-state index is 8.90. The fourth-order valence-electron chi connectivity index (χ4n) is 0.958. The van der Waals surface area contributed by atoms with E-state index < -0.39 is 8.07 Å². The Balaban J connectivity index is 3.12. The molecular weight excluding hydrogens is 168 g/mol. The Morgan fingerprint density at radius 2 is 1.92 bits per heavy atom. The molecule has 0 bridgehead atoms. The summed E-state index contributed by atoms with van der Waals surface area (Å²) >= 11 is 0. The van der Waals surface area contributed by atoms with Crippen LogP contribution in [0.2, 0.25) is 25.7 Å². The molecule has 0 spiro atoms. The highest BCUT2D eigenvalue weighted by molar-refractivity contribution is 6.76. The molecule has 0 saturated carbocycles. The smallest absolute Gasteiger partial charge is 0.0745 e. The van der Waals surface area contributed by atoms with E-state index in [4.69, 9.17) is 9.84 Å². The molecule has 0 saturated heterocycles. The Labute approximate surface area is 76.9 Å². The zero-order valence-electron chi connectivity index (χ0n) is 8.76. The molecule has 1 atom stereocenters. The highest BCUT2D eigenvalue weighted by Crippen LogP contribution is 2.10. The molecule has 0 aromatic rings. The summed E-state index contributed by atoms with van der Waals surface area (Å²) in [5.74, 6) is 0. The third-order valence-electron chi connectivity index (χ3n) is 1.57. The zero-order valence-corrected chi connectivity index (χ0v) is 9.76. The summed E-state index contributed by atoms with van der Waals surface area (Å²) in [4.78, 5) is 0. The van der Waals surface area contributed by atoms with Crippen LogP contribution in [0.25, 0.3) is 0 Å². The van der Waals surface area contributed by atoms with Gasteiger partial charge in [0.2, 0.25) is 0 Å². The van der Waals surface area contributed by atoms with E-state index in [1.54, 1.807) is 6.92 Å². The number of aliphatic hydroxyl groups is 1.